The van der Waals surface area contributed by atoms with Crippen molar-refractivity contribution in [3.05, 3.63) is 57.0 Å². The molecule has 0 fully saturated rings. The predicted molar refractivity (Wildman–Crippen MR) is 109 cm³/mol. The third-order valence-electron chi connectivity index (χ3n) is 4.38. The van der Waals surface area contributed by atoms with Crippen molar-refractivity contribution in [2.24, 2.45) is 0 Å². The van der Waals surface area contributed by atoms with Gasteiger partial charge in [0.25, 0.3) is 11.5 Å². The molecule has 3 aromatic rings. The van der Waals surface area contributed by atoms with Crippen LogP contribution in [-0.2, 0) is 16.1 Å². The number of esters is 1. The van der Waals surface area contributed by atoms with Gasteiger partial charge in [0.2, 0.25) is 0 Å². The van der Waals surface area contributed by atoms with Gasteiger partial charge in [0.1, 0.15) is 4.83 Å². The van der Waals surface area contributed by atoms with E-state index in [1.165, 1.54) is 22.2 Å². The van der Waals surface area contributed by atoms with Crippen LogP contribution >= 0.6 is 11.3 Å². The number of hydrogen-bond donors (Lipinski definition) is 1. The number of nitrogens with one attached hydrogen (secondary N) is 1. The molecule has 8 heteroatoms. The summed E-state index contributed by atoms with van der Waals surface area (Å²) in [4.78, 5) is 42.4. The summed E-state index contributed by atoms with van der Waals surface area (Å²) in [6, 6.07) is 7.50. The molecule has 1 N–H and O–H groups in total. The summed E-state index contributed by atoms with van der Waals surface area (Å²) in [5.74, 6) is -0.637. The van der Waals surface area contributed by atoms with Gasteiger partial charge in [-0.25, -0.2) is 4.98 Å². The monoisotopic (exact) mass is 399 g/mol. The Labute approximate surface area is 166 Å². The second-order valence-corrected chi connectivity index (χ2v) is 7.30. The highest BCUT2D eigenvalue weighted by atomic mass is 32.1. The summed E-state index contributed by atoms with van der Waals surface area (Å²) in [5, 5.41) is 3.30. The van der Waals surface area contributed by atoms with Gasteiger partial charge in [0.05, 0.1) is 29.6 Å². The van der Waals surface area contributed by atoms with Crippen LogP contribution in [0.3, 0.4) is 0 Å². The van der Waals surface area contributed by atoms with E-state index in [0.717, 1.165) is 11.3 Å². The summed E-state index contributed by atoms with van der Waals surface area (Å²) in [6.07, 6.45) is 1.49. The number of rotatable bonds is 6. The van der Waals surface area contributed by atoms with Crippen LogP contribution in [0.1, 0.15) is 34.1 Å². The maximum atomic E-state index is 12.8. The molecule has 0 saturated heterocycles. The van der Waals surface area contributed by atoms with Crippen LogP contribution < -0.4 is 10.9 Å². The Balaban J connectivity index is 1.89. The summed E-state index contributed by atoms with van der Waals surface area (Å²) in [5.41, 5.74) is 2.00. The number of aryl methyl sites for hydroxylation is 3. The highest BCUT2D eigenvalue weighted by Gasteiger charge is 2.20. The molecule has 0 aliphatic carbocycles. The highest BCUT2D eigenvalue weighted by Crippen LogP contribution is 2.28. The first kappa shape index (κ1) is 19.8. The molecule has 1 aromatic carbocycles. The standard InChI is InChI=1S/C20H21N3O4S/c1-4-27-15(24)9-10-23-11-21-19-16(20(23)26)13(3)17(28-19)18(25)22-14-8-6-5-7-12(14)2/h5-8,11H,4,9-10H2,1-3H3,(H,22,25). The molecule has 1 amide bonds. The number of ether oxygens (including phenoxy) is 1. The van der Waals surface area contributed by atoms with Gasteiger partial charge in [-0.2, -0.15) is 0 Å². The summed E-state index contributed by atoms with van der Waals surface area (Å²) < 4.78 is 6.27. The van der Waals surface area contributed by atoms with Crippen molar-refractivity contribution in [1.82, 2.24) is 9.55 Å². The fourth-order valence-electron chi connectivity index (χ4n) is 2.87. The van der Waals surface area contributed by atoms with Crippen molar-refractivity contribution in [1.29, 1.82) is 0 Å². The lowest BCUT2D eigenvalue weighted by Crippen LogP contribution is -2.22. The van der Waals surface area contributed by atoms with Crippen LogP contribution in [0, 0.1) is 13.8 Å². The van der Waals surface area contributed by atoms with Crippen LogP contribution in [0.4, 0.5) is 5.69 Å². The number of hydrogen-bond acceptors (Lipinski definition) is 6. The fraction of sp³-hybridized carbons (Fsp3) is 0.300. The van der Waals surface area contributed by atoms with Gasteiger partial charge < -0.3 is 10.1 Å². The number of thiophene rings is 1. The Morgan fingerprint density at radius 2 is 2.00 bits per heavy atom. The molecule has 28 heavy (non-hydrogen) atoms. The molecule has 0 radical (unpaired) electrons. The van der Waals surface area contributed by atoms with Crippen molar-refractivity contribution in [3.8, 4) is 0 Å². The van der Waals surface area contributed by atoms with Crippen LogP contribution in [0.25, 0.3) is 10.2 Å². The lowest BCUT2D eigenvalue weighted by atomic mass is 10.2. The molecule has 0 atom stereocenters. The topological polar surface area (TPSA) is 90.3 Å². The van der Waals surface area contributed by atoms with Crippen molar-refractivity contribution < 1.29 is 14.3 Å². The molecule has 3 rings (SSSR count). The van der Waals surface area contributed by atoms with Crippen LogP contribution in [0.15, 0.2) is 35.4 Å². The Morgan fingerprint density at radius 3 is 2.71 bits per heavy atom. The van der Waals surface area contributed by atoms with E-state index in [9.17, 15) is 14.4 Å². The van der Waals surface area contributed by atoms with Gasteiger partial charge in [-0.1, -0.05) is 18.2 Å². The van der Waals surface area contributed by atoms with Gasteiger partial charge >= 0.3 is 5.97 Å². The third kappa shape index (κ3) is 3.96. The summed E-state index contributed by atoms with van der Waals surface area (Å²) in [6.45, 7) is 5.87. The van der Waals surface area contributed by atoms with E-state index in [4.69, 9.17) is 4.74 Å². The second-order valence-electron chi connectivity index (χ2n) is 6.30. The van der Waals surface area contributed by atoms with Crippen LogP contribution in [-0.4, -0.2) is 28.0 Å². The first-order chi connectivity index (χ1) is 13.4. The largest absolute Gasteiger partial charge is 0.466 e. The zero-order valence-electron chi connectivity index (χ0n) is 15.9. The minimum Gasteiger partial charge on any atom is -0.466 e. The number of aromatic nitrogens is 2. The Hall–Kier alpha value is -3.00. The number of fused-ring (bicyclic) bond motifs is 1. The zero-order valence-corrected chi connectivity index (χ0v) is 16.8. The predicted octanol–water partition coefficient (Wildman–Crippen LogP) is 3.28. The number of carbonyl (C=O) groups is 2. The lowest BCUT2D eigenvalue weighted by Gasteiger charge is -2.07. The SMILES string of the molecule is CCOC(=O)CCn1cnc2sc(C(=O)Nc3ccccc3C)c(C)c2c1=O. The molecular formula is C20H21N3O4S. The highest BCUT2D eigenvalue weighted by molar-refractivity contribution is 7.20. The minimum atomic E-state index is -0.366. The molecule has 146 valence electrons. The molecular weight excluding hydrogens is 378 g/mol. The number of benzene rings is 1. The van der Waals surface area contributed by atoms with Crippen molar-refractivity contribution in [2.75, 3.05) is 11.9 Å². The fourth-order valence-corrected chi connectivity index (χ4v) is 3.91. The molecule has 0 unspecified atom stereocenters. The van der Waals surface area contributed by atoms with E-state index in [0.29, 0.717) is 27.3 Å². The summed E-state index contributed by atoms with van der Waals surface area (Å²) in [7, 11) is 0. The number of nitrogens with zero attached hydrogens (tertiary/aromatic N) is 2. The Morgan fingerprint density at radius 1 is 1.25 bits per heavy atom. The average Bonchev–Trinajstić information content (AvgIpc) is 3.01. The molecule has 0 aliphatic heterocycles. The van der Waals surface area contributed by atoms with E-state index in [1.807, 2.05) is 31.2 Å². The van der Waals surface area contributed by atoms with Gasteiger partial charge in [0.15, 0.2) is 0 Å². The second kappa shape index (κ2) is 8.35. The number of anilines is 1. The van der Waals surface area contributed by atoms with Crippen molar-refractivity contribution in [2.45, 2.75) is 33.7 Å². The average molecular weight is 399 g/mol. The van der Waals surface area contributed by atoms with Gasteiger partial charge in [-0.15, -0.1) is 11.3 Å². The maximum Gasteiger partial charge on any atom is 0.307 e. The molecule has 2 heterocycles. The van der Waals surface area contributed by atoms with E-state index in [-0.39, 0.29) is 30.4 Å². The number of para-hydroxylation sites is 1. The number of amides is 1. The van der Waals surface area contributed by atoms with Crippen LogP contribution in [0.2, 0.25) is 0 Å². The van der Waals surface area contributed by atoms with E-state index < -0.39 is 0 Å². The molecule has 2 aromatic heterocycles. The maximum absolute atomic E-state index is 12.8. The minimum absolute atomic E-state index is 0.0880. The smallest absolute Gasteiger partial charge is 0.307 e. The first-order valence-corrected chi connectivity index (χ1v) is 9.75. The molecule has 0 saturated carbocycles. The molecule has 0 bridgehead atoms. The first-order valence-electron chi connectivity index (χ1n) is 8.93. The molecule has 0 aliphatic rings. The third-order valence-corrected chi connectivity index (χ3v) is 5.58. The van der Waals surface area contributed by atoms with Gasteiger partial charge in [0, 0.05) is 12.2 Å². The van der Waals surface area contributed by atoms with Crippen molar-refractivity contribution in [3.63, 3.8) is 0 Å². The van der Waals surface area contributed by atoms with Crippen LogP contribution in [0.5, 0.6) is 0 Å². The quantitative estimate of drug-likeness (QED) is 0.643. The van der Waals surface area contributed by atoms with E-state index in [2.05, 4.69) is 10.3 Å². The van der Waals surface area contributed by atoms with Gasteiger partial charge in [-0.05, 0) is 38.0 Å². The number of carbonyl (C=O) groups excluding carboxylic acids is 2. The normalized spacial score (nSPS) is 10.8. The molecule has 0 spiro atoms. The Bertz CT molecular complexity index is 1100. The Kier molecular flexibility index (Phi) is 5.89. The van der Waals surface area contributed by atoms with Gasteiger partial charge in [-0.3, -0.25) is 19.0 Å². The lowest BCUT2D eigenvalue weighted by molar-refractivity contribution is -0.143. The van der Waals surface area contributed by atoms with E-state index >= 15 is 0 Å². The van der Waals surface area contributed by atoms with E-state index in [1.54, 1.807) is 13.8 Å². The van der Waals surface area contributed by atoms with Crippen molar-refractivity contribution >= 4 is 39.1 Å². The molecule has 7 nitrogen and oxygen atoms in total. The zero-order chi connectivity index (χ0) is 20.3. The summed E-state index contributed by atoms with van der Waals surface area (Å²) >= 11 is 1.18.